The zero-order valence-electron chi connectivity index (χ0n) is 5.78. The van der Waals surface area contributed by atoms with Crippen LogP contribution in [0, 0.1) is 0 Å². The summed E-state index contributed by atoms with van der Waals surface area (Å²) in [4.78, 5) is 0. The van der Waals surface area contributed by atoms with Crippen LogP contribution in [-0.4, -0.2) is 9.52 Å². The van der Waals surface area contributed by atoms with E-state index in [-0.39, 0.29) is 0 Å². The topological polar surface area (TPSA) is 0 Å². The second kappa shape index (κ2) is 2.51. The van der Waals surface area contributed by atoms with Crippen LogP contribution in [0.3, 0.4) is 0 Å². The van der Waals surface area contributed by atoms with Gasteiger partial charge in [-0.25, -0.2) is 0 Å². The molecule has 0 rings (SSSR count). The predicted octanol–water partition coefficient (Wildman–Crippen LogP) is 2.08. The number of hydrogen-bond donors (Lipinski definition) is 0. The maximum Gasteiger partial charge on any atom is 0.0342 e. The summed E-state index contributed by atoms with van der Waals surface area (Å²) in [5.74, 6) is 0. The van der Waals surface area contributed by atoms with Crippen molar-refractivity contribution in [1.29, 1.82) is 0 Å². The fraction of sp³-hybridized carbons (Fsp3) is 1.00. The van der Waals surface area contributed by atoms with Crippen molar-refractivity contribution in [2.75, 3.05) is 0 Å². The van der Waals surface area contributed by atoms with Crippen molar-refractivity contribution in [2.24, 2.45) is 0 Å². The first kappa shape index (κ1) is 7.22. The molecular formula is C6H15Si. The first-order valence-electron chi connectivity index (χ1n) is 2.90. The Morgan fingerprint density at radius 1 is 1.29 bits per heavy atom. The normalized spacial score (nSPS) is 12.0. The van der Waals surface area contributed by atoms with Crippen LogP contribution in [0.1, 0.15) is 27.7 Å². The summed E-state index contributed by atoms with van der Waals surface area (Å²) in [6.07, 6.45) is 0. The molecule has 0 saturated heterocycles. The van der Waals surface area contributed by atoms with E-state index in [1.165, 1.54) is 6.04 Å². The average Bonchev–Trinajstić information content (AvgIpc) is 1.30. The van der Waals surface area contributed by atoms with Gasteiger partial charge in [-0.1, -0.05) is 33.7 Å². The molecule has 0 bridgehead atoms. The molecule has 0 spiro atoms. The van der Waals surface area contributed by atoms with Crippen LogP contribution in [0.4, 0.5) is 0 Å². The lowest BCUT2D eigenvalue weighted by atomic mass is 10.3. The van der Waals surface area contributed by atoms with Crippen LogP contribution in [0.15, 0.2) is 0 Å². The number of hydrogen-bond acceptors (Lipinski definition) is 0. The maximum absolute atomic E-state index is 2.31. The Bertz CT molecular complexity index is 42.6. The largest absolute Gasteiger partial charge is 0.0682 e. The molecule has 1 radical (unpaired) electrons. The van der Waals surface area contributed by atoms with Gasteiger partial charge in [0, 0.05) is 9.52 Å². The van der Waals surface area contributed by atoms with E-state index in [1.807, 2.05) is 0 Å². The molecule has 0 nitrogen and oxygen atoms in total. The third-order valence-electron chi connectivity index (χ3n) is 0.816. The van der Waals surface area contributed by atoms with Crippen LogP contribution < -0.4 is 0 Å². The van der Waals surface area contributed by atoms with Gasteiger partial charge in [-0.15, -0.1) is 0 Å². The van der Waals surface area contributed by atoms with Crippen LogP contribution >= 0.6 is 0 Å². The summed E-state index contributed by atoms with van der Waals surface area (Å²) in [5.41, 5.74) is 0. The SMILES string of the molecule is CC[SiH]C(C)(C)C. The summed E-state index contributed by atoms with van der Waals surface area (Å²) in [5, 5.41) is 0.634. The molecule has 0 N–H and O–H groups in total. The van der Waals surface area contributed by atoms with Gasteiger partial charge in [0.05, 0.1) is 0 Å². The lowest BCUT2D eigenvalue weighted by Gasteiger charge is -2.14. The zero-order chi connectivity index (χ0) is 5.91. The molecular weight excluding hydrogens is 100 g/mol. The van der Waals surface area contributed by atoms with E-state index >= 15 is 0 Å². The summed E-state index contributed by atoms with van der Waals surface area (Å²) in [7, 11) is 0.692. The average molecular weight is 115 g/mol. The Balaban J connectivity index is 3.15. The first-order chi connectivity index (χ1) is 3.06. The highest BCUT2D eigenvalue weighted by Gasteiger charge is 2.07. The Kier molecular flexibility index (Phi) is 2.58. The number of rotatable bonds is 1. The molecule has 0 aromatic carbocycles. The molecule has 0 amide bonds. The summed E-state index contributed by atoms with van der Waals surface area (Å²) in [6, 6.07) is 1.39. The molecule has 0 saturated carbocycles. The Morgan fingerprint density at radius 3 is 1.71 bits per heavy atom. The van der Waals surface area contributed by atoms with Gasteiger partial charge in [0.25, 0.3) is 0 Å². The van der Waals surface area contributed by atoms with E-state index in [0.717, 1.165) is 0 Å². The van der Waals surface area contributed by atoms with Gasteiger partial charge in [0.15, 0.2) is 0 Å². The molecule has 0 aromatic heterocycles. The minimum atomic E-state index is 0.634. The van der Waals surface area contributed by atoms with Gasteiger partial charge >= 0.3 is 0 Å². The Labute approximate surface area is 49.1 Å². The molecule has 0 aromatic rings. The molecule has 1 heteroatoms. The van der Waals surface area contributed by atoms with Crippen molar-refractivity contribution in [3.63, 3.8) is 0 Å². The molecule has 0 fully saturated rings. The van der Waals surface area contributed by atoms with Crippen molar-refractivity contribution in [2.45, 2.75) is 38.8 Å². The minimum absolute atomic E-state index is 0.634. The van der Waals surface area contributed by atoms with Gasteiger partial charge < -0.3 is 0 Å². The Hall–Kier alpha value is 0.217. The second-order valence-electron chi connectivity index (χ2n) is 2.98. The molecule has 0 atom stereocenters. The molecule has 43 valence electrons. The third kappa shape index (κ3) is 6.22. The summed E-state index contributed by atoms with van der Waals surface area (Å²) < 4.78 is 0. The van der Waals surface area contributed by atoms with Gasteiger partial charge in [0.2, 0.25) is 0 Å². The molecule has 0 heterocycles. The molecule has 7 heavy (non-hydrogen) atoms. The fourth-order valence-electron chi connectivity index (χ4n) is 0.612. The van der Waals surface area contributed by atoms with Crippen LogP contribution in [-0.2, 0) is 0 Å². The molecule has 0 unspecified atom stereocenters. The van der Waals surface area contributed by atoms with Crippen molar-refractivity contribution >= 4 is 9.52 Å². The van der Waals surface area contributed by atoms with E-state index in [9.17, 15) is 0 Å². The zero-order valence-corrected chi connectivity index (χ0v) is 6.94. The Morgan fingerprint density at radius 2 is 1.71 bits per heavy atom. The quantitative estimate of drug-likeness (QED) is 0.459. The standard InChI is InChI=1S/C6H15Si/c1-5-7-6(2,3)4/h7H,5H2,1-4H3. The van der Waals surface area contributed by atoms with Crippen molar-refractivity contribution in [3.8, 4) is 0 Å². The van der Waals surface area contributed by atoms with Gasteiger partial charge in [-0.05, 0) is 5.04 Å². The van der Waals surface area contributed by atoms with Crippen LogP contribution in [0.2, 0.25) is 11.1 Å². The van der Waals surface area contributed by atoms with E-state index < -0.39 is 0 Å². The third-order valence-corrected chi connectivity index (χ3v) is 2.45. The smallest absolute Gasteiger partial charge is 0.0342 e. The molecule has 0 aliphatic carbocycles. The predicted molar refractivity (Wildman–Crippen MR) is 37.3 cm³/mol. The van der Waals surface area contributed by atoms with Gasteiger partial charge in [0.1, 0.15) is 0 Å². The highest BCUT2D eigenvalue weighted by Crippen LogP contribution is 2.20. The van der Waals surface area contributed by atoms with Crippen molar-refractivity contribution in [1.82, 2.24) is 0 Å². The molecule has 0 aliphatic heterocycles. The van der Waals surface area contributed by atoms with E-state index in [4.69, 9.17) is 0 Å². The van der Waals surface area contributed by atoms with Gasteiger partial charge in [-0.3, -0.25) is 0 Å². The van der Waals surface area contributed by atoms with E-state index in [2.05, 4.69) is 27.7 Å². The van der Waals surface area contributed by atoms with Gasteiger partial charge in [-0.2, -0.15) is 0 Å². The van der Waals surface area contributed by atoms with Crippen LogP contribution in [0.25, 0.3) is 0 Å². The lowest BCUT2D eigenvalue weighted by molar-refractivity contribution is 0.750. The monoisotopic (exact) mass is 115 g/mol. The summed E-state index contributed by atoms with van der Waals surface area (Å²) >= 11 is 0. The first-order valence-corrected chi connectivity index (χ1v) is 4.30. The highest BCUT2D eigenvalue weighted by molar-refractivity contribution is 6.39. The highest BCUT2D eigenvalue weighted by atomic mass is 28.2. The molecule has 0 aliphatic rings. The van der Waals surface area contributed by atoms with Crippen LogP contribution in [0.5, 0.6) is 0 Å². The van der Waals surface area contributed by atoms with Crippen molar-refractivity contribution < 1.29 is 0 Å². The van der Waals surface area contributed by atoms with E-state index in [0.29, 0.717) is 14.6 Å². The van der Waals surface area contributed by atoms with E-state index in [1.54, 1.807) is 0 Å². The summed E-state index contributed by atoms with van der Waals surface area (Å²) in [6.45, 7) is 9.20. The fourth-order valence-corrected chi connectivity index (χ4v) is 1.84. The van der Waals surface area contributed by atoms with Crippen molar-refractivity contribution in [3.05, 3.63) is 0 Å². The minimum Gasteiger partial charge on any atom is -0.0682 e. The lowest BCUT2D eigenvalue weighted by Crippen LogP contribution is -2.05. The second-order valence-corrected chi connectivity index (χ2v) is 5.94. The maximum atomic E-state index is 2.31.